The average Bonchev–Trinajstić information content (AvgIpc) is 2.37. The molecule has 7 heteroatoms. The third kappa shape index (κ3) is 2.55. The van der Waals surface area contributed by atoms with E-state index in [0.717, 1.165) is 0 Å². The number of carboxylic acids is 1. The van der Waals surface area contributed by atoms with E-state index in [-0.39, 0.29) is 27.4 Å². The van der Waals surface area contributed by atoms with Crippen molar-refractivity contribution in [3.05, 3.63) is 57.1 Å². The molecule has 0 bridgehead atoms. The van der Waals surface area contributed by atoms with Crippen LogP contribution in [0.25, 0.3) is 11.1 Å². The zero-order valence-corrected chi connectivity index (χ0v) is 10.7. The number of nitro groups is 1. The molecule has 0 saturated heterocycles. The summed E-state index contributed by atoms with van der Waals surface area (Å²) < 4.78 is 0. The third-order valence-corrected chi connectivity index (χ3v) is 2.89. The predicted molar refractivity (Wildman–Crippen MR) is 72.2 cm³/mol. The van der Waals surface area contributed by atoms with Crippen molar-refractivity contribution >= 4 is 23.3 Å². The molecule has 0 aliphatic rings. The van der Waals surface area contributed by atoms with E-state index >= 15 is 0 Å². The minimum absolute atomic E-state index is 0.120. The van der Waals surface area contributed by atoms with Crippen LogP contribution in [0.15, 0.2) is 36.4 Å². The Morgan fingerprint density at radius 2 is 1.95 bits per heavy atom. The fraction of sp³-hybridized carbons (Fsp3) is 0. The molecule has 2 aromatic carbocycles. The lowest BCUT2D eigenvalue weighted by Gasteiger charge is -2.07. The minimum atomic E-state index is -1.29. The molecule has 20 heavy (non-hydrogen) atoms. The summed E-state index contributed by atoms with van der Waals surface area (Å²) in [5, 5.41) is 29.8. The quantitative estimate of drug-likeness (QED) is 0.668. The van der Waals surface area contributed by atoms with Crippen LogP contribution in [0.4, 0.5) is 5.69 Å². The summed E-state index contributed by atoms with van der Waals surface area (Å²) in [6, 6.07) is 7.92. The Bertz CT molecular complexity index is 714. The Labute approximate surface area is 118 Å². The van der Waals surface area contributed by atoms with Crippen molar-refractivity contribution in [2.75, 3.05) is 0 Å². The normalized spacial score (nSPS) is 10.2. The molecular formula is C13H8ClNO5. The molecule has 0 heterocycles. The van der Waals surface area contributed by atoms with Gasteiger partial charge in [0.1, 0.15) is 11.3 Å². The van der Waals surface area contributed by atoms with Crippen molar-refractivity contribution in [1.82, 2.24) is 0 Å². The molecule has 0 saturated carbocycles. The Kier molecular flexibility index (Phi) is 3.58. The highest BCUT2D eigenvalue weighted by Crippen LogP contribution is 2.35. The number of hydrogen-bond donors (Lipinski definition) is 2. The van der Waals surface area contributed by atoms with Gasteiger partial charge >= 0.3 is 5.97 Å². The van der Waals surface area contributed by atoms with Gasteiger partial charge in [0.15, 0.2) is 0 Å². The number of hydrogen-bond acceptors (Lipinski definition) is 4. The lowest BCUT2D eigenvalue weighted by Crippen LogP contribution is -1.97. The van der Waals surface area contributed by atoms with Crippen molar-refractivity contribution in [2.45, 2.75) is 0 Å². The summed E-state index contributed by atoms with van der Waals surface area (Å²) in [6.07, 6.45) is 0. The summed E-state index contributed by atoms with van der Waals surface area (Å²) in [6.45, 7) is 0. The highest BCUT2D eigenvalue weighted by Gasteiger charge is 2.17. The fourth-order valence-electron chi connectivity index (χ4n) is 1.78. The van der Waals surface area contributed by atoms with E-state index in [1.54, 1.807) is 0 Å². The molecule has 2 rings (SSSR count). The first kappa shape index (κ1) is 13.8. The standard InChI is InChI=1S/C13H8ClNO5/c14-8-4-7(5-9(6-8)15(19)20)10-2-1-3-11(12(10)16)13(17)18/h1-6,16H,(H,17,18). The van der Waals surface area contributed by atoms with Crippen molar-refractivity contribution in [3.63, 3.8) is 0 Å². The number of halogens is 1. The molecule has 2 aromatic rings. The molecule has 0 atom stereocenters. The van der Waals surface area contributed by atoms with Gasteiger partial charge in [-0.05, 0) is 17.7 Å². The van der Waals surface area contributed by atoms with Crippen LogP contribution in [-0.4, -0.2) is 21.1 Å². The highest BCUT2D eigenvalue weighted by atomic mass is 35.5. The van der Waals surface area contributed by atoms with E-state index in [4.69, 9.17) is 16.7 Å². The maximum Gasteiger partial charge on any atom is 0.339 e. The van der Waals surface area contributed by atoms with Crippen LogP contribution in [0.5, 0.6) is 5.75 Å². The number of nitrogens with zero attached hydrogens (tertiary/aromatic N) is 1. The summed E-state index contributed by atoms with van der Waals surface area (Å²) in [7, 11) is 0. The van der Waals surface area contributed by atoms with E-state index in [1.807, 2.05) is 0 Å². The Morgan fingerprint density at radius 3 is 2.55 bits per heavy atom. The van der Waals surface area contributed by atoms with Crippen LogP contribution in [0.1, 0.15) is 10.4 Å². The van der Waals surface area contributed by atoms with Crippen molar-refractivity contribution in [2.24, 2.45) is 0 Å². The van der Waals surface area contributed by atoms with Gasteiger partial charge in [-0.2, -0.15) is 0 Å². The number of carbonyl (C=O) groups is 1. The van der Waals surface area contributed by atoms with Gasteiger partial charge in [0.2, 0.25) is 0 Å². The average molecular weight is 294 g/mol. The van der Waals surface area contributed by atoms with Crippen LogP contribution in [-0.2, 0) is 0 Å². The van der Waals surface area contributed by atoms with Crippen LogP contribution < -0.4 is 0 Å². The highest BCUT2D eigenvalue weighted by molar-refractivity contribution is 6.31. The van der Waals surface area contributed by atoms with E-state index in [2.05, 4.69) is 0 Å². The first-order valence-electron chi connectivity index (χ1n) is 5.41. The number of carboxylic acid groups (broad SMARTS) is 1. The molecule has 0 spiro atoms. The maximum atomic E-state index is 11.0. The SMILES string of the molecule is O=C(O)c1cccc(-c2cc(Cl)cc([N+](=O)[O-])c2)c1O. The van der Waals surface area contributed by atoms with Crippen LogP contribution in [0.2, 0.25) is 5.02 Å². The second kappa shape index (κ2) is 5.18. The van der Waals surface area contributed by atoms with Gasteiger partial charge in [-0.3, -0.25) is 10.1 Å². The molecule has 0 unspecified atom stereocenters. The van der Waals surface area contributed by atoms with Gasteiger partial charge in [0, 0.05) is 22.7 Å². The molecular weight excluding hydrogens is 286 g/mol. The van der Waals surface area contributed by atoms with Crippen LogP contribution >= 0.6 is 11.6 Å². The molecule has 0 radical (unpaired) electrons. The van der Waals surface area contributed by atoms with Gasteiger partial charge in [0.25, 0.3) is 5.69 Å². The first-order chi connectivity index (χ1) is 9.40. The maximum absolute atomic E-state index is 11.0. The predicted octanol–water partition coefficient (Wildman–Crippen LogP) is 3.32. The monoisotopic (exact) mass is 293 g/mol. The lowest BCUT2D eigenvalue weighted by atomic mass is 10.0. The number of aromatic carboxylic acids is 1. The Hall–Kier alpha value is -2.60. The third-order valence-electron chi connectivity index (χ3n) is 2.67. The second-order valence-electron chi connectivity index (χ2n) is 3.96. The molecule has 0 aromatic heterocycles. The van der Waals surface area contributed by atoms with Crippen LogP contribution in [0, 0.1) is 10.1 Å². The molecule has 0 aliphatic carbocycles. The van der Waals surface area contributed by atoms with Gasteiger partial charge in [-0.1, -0.05) is 23.7 Å². The van der Waals surface area contributed by atoms with Gasteiger partial charge in [-0.25, -0.2) is 4.79 Å². The smallest absolute Gasteiger partial charge is 0.339 e. The second-order valence-corrected chi connectivity index (χ2v) is 4.40. The topological polar surface area (TPSA) is 101 Å². The van der Waals surface area contributed by atoms with Crippen LogP contribution in [0.3, 0.4) is 0 Å². The number of phenols is 1. The summed E-state index contributed by atoms with van der Waals surface area (Å²) in [5.74, 6) is -1.75. The van der Waals surface area contributed by atoms with E-state index in [9.17, 15) is 20.0 Å². The number of aromatic hydroxyl groups is 1. The van der Waals surface area contributed by atoms with Crippen molar-refractivity contribution < 1.29 is 19.9 Å². The zero-order valence-electron chi connectivity index (χ0n) is 9.91. The molecule has 2 N–H and O–H groups in total. The number of non-ortho nitro benzene ring substituents is 1. The van der Waals surface area contributed by atoms with Crippen molar-refractivity contribution in [3.8, 4) is 16.9 Å². The lowest BCUT2D eigenvalue weighted by molar-refractivity contribution is -0.384. The Morgan fingerprint density at radius 1 is 1.25 bits per heavy atom. The minimum Gasteiger partial charge on any atom is -0.506 e. The number of para-hydroxylation sites is 1. The zero-order chi connectivity index (χ0) is 14.9. The van der Waals surface area contributed by atoms with Gasteiger partial charge in [0.05, 0.1) is 4.92 Å². The number of nitro benzene ring substituents is 1. The molecule has 0 aliphatic heterocycles. The summed E-state index contributed by atoms with van der Waals surface area (Å²) in [4.78, 5) is 21.1. The van der Waals surface area contributed by atoms with Gasteiger partial charge < -0.3 is 10.2 Å². The van der Waals surface area contributed by atoms with E-state index in [0.29, 0.717) is 0 Å². The molecule has 102 valence electrons. The van der Waals surface area contributed by atoms with Crippen molar-refractivity contribution in [1.29, 1.82) is 0 Å². The molecule has 0 amide bonds. The molecule has 6 nitrogen and oxygen atoms in total. The van der Waals surface area contributed by atoms with E-state index < -0.39 is 16.6 Å². The number of rotatable bonds is 3. The fourth-order valence-corrected chi connectivity index (χ4v) is 2.01. The summed E-state index contributed by atoms with van der Waals surface area (Å²) >= 11 is 5.80. The van der Waals surface area contributed by atoms with Gasteiger partial charge in [-0.15, -0.1) is 0 Å². The summed E-state index contributed by atoms with van der Waals surface area (Å²) in [5.41, 5.74) is -0.0990. The number of benzene rings is 2. The van der Waals surface area contributed by atoms with E-state index in [1.165, 1.54) is 36.4 Å². The largest absolute Gasteiger partial charge is 0.506 e. The first-order valence-corrected chi connectivity index (χ1v) is 5.78. The molecule has 0 fully saturated rings. The Balaban J connectivity index is 2.66.